The Bertz CT molecular complexity index is 490. The first kappa shape index (κ1) is 15.2. The van der Waals surface area contributed by atoms with Crippen LogP contribution in [0.25, 0.3) is 0 Å². The largest absolute Gasteiger partial charge is 0.473 e. The molecule has 7 atom stereocenters. The highest BCUT2D eigenvalue weighted by Crippen LogP contribution is 2.63. The van der Waals surface area contributed by atoms with Gasteiger partial charge in [0.15, 0.2) is 0 Å². The second-order valence-corrected chi connectivity index (χ2v) is 10.0. The van der Waals surface area contributed by atoms with Crippen LogP contribution in [0.2, 0.25) is 0 Å². The third-order valence-corrected chi connectivity index (χ3v) is 8.26. The standard InChI is InChI=1S/C21H35N/c1-13-10-16-12-20(3,4)11-15-8-9-21(22-5)14(2)6-7-17(13)19(21)18(15)16/h8,13-14,16-19H,5-7,9-12,22H2,1-4H3. The molecule has 0 aliphatic heterocycles. The molecule has 3 fully saturated rings. The molecule has 4 aliphatic carbocycles. The van der Waals surface area contributed by atoms with E-state index in [1.54, 1.807) is 0 Å². The van der Waals surface area contributed by atoms with Gasteiger partial charge in [-0.15, -0.1) is 0 Å². The van der Waals surface area contributed by atoms with E-state index in [0.717, 1.165) is 35.5 Å². The van der Waals surface area contributed by atoms with Gasteiger partial charge in [0, 0.05) is 18.3 Å². The first-order chi connectivity index (χ1) is 10.4. The molecular formula is C21H35N. The Morgan fingerprint density at radius 2 is 2.00 bits per heavy atom. The van der Waals surface area contributed by atoms with Gasteiger partial charge in [-0.2, -0.15) is 7.05 Å². The molecular weight excluding hydrogens is 266 g/mol. The van der Waals surface area contributed by atoms with Crippen molar-refractivity contribution >= 4 is 0 Å². The molecule has 3 saturated carbocycles. The third-order valence-electron chi connectivity index (χ3n) is 8.26. The van der Waals surface area contributed by atoms with E-state index in [1.165, 1.54) is 38.5 Å². The molecule has 0 amide bonds. The molecule has 0 bridgehead atoms. The van der Waals surface area contributed by atoms with Crippen LogP contribution in [0.1, 0.15) is 66.2 Å². The molecule has 22 heavy (non-hydrogen) atoms. The minimum atomic E-state index is 0.408. The van der Waals surface area contributed by atoms with Crippen molar-refractivity contribution in [2.24, 2.45) is 40.9 Å². The second kappa shape index (κ2) is 4.85. The van der Waals surface area contributed by atoms with Crippen molar-refractivity contribution < 1.29 is 5.32 Å². The molecule has 4 aliphatic rings. The summed E-state index contributed by atoms with van der Waals surface area (Å²) in [6.45, 7) is 10.1. The van der Waals surface area contributed by atoms with Crippen molar-refractivity contribution in [3.05, 3.63) is 18.7 Å². The van der Waals surface area contributed by atoms with Crippen LogP contribution < -0.4 is 5.32 Å². The molecule has 0 aromatic heterocycles. The first-order valence-electron chi connectivity index (χ1n) is 9.70. The smallest absolute Gasteiger partial charge is 0.0821 e. The van der Waals surface area contributed by atoms with E-state index in [4.69, 9.17) is 0 Å². The molecule has 0 aromatic carbocycles. The zero-order chi connectivity index (χ0) is 15.7. The van der Waals surface area contributed by atoms with Crippen molar-refractivity contribution in [2.45, 2.75) is 71.8 Å². The van der Waals surface area contributed by atoms with Crippen LogP contribution in [0.15, 0.2) is 11.6 Å². The third kappa shape index (κ3) is 1.93. The average molecular weight is 302 g/mol. The van der Waals surface area contributed by atoms with Crippen LogP contribution in [-0.4, -0.2) is 5.54 Å². The van der Waals surface area contributed by atoms with Crippen molar-refractivity contribution in [3.63, 3.8) is 0 Å². The molecule has 7 unspecified atom stereocenters. The predicted octanol–water partition coefficient (Wildman–Crippen LogP) is 4.16. The number of hydrogen-bond acceptors (Lipinski definition) is 0. The Morgan fingerprint density at radius 3 is 2.73 bits per heavy atom. The summed E-state index contributed by atoms with van der Waals surface area (Å²) in [5.74, 6) is 5.44. The maximum Gasteiger partial charge on any atom is 0.0821 e. The Labute approximate surface area is 137 Å². The number of allylic oxidation sites excluding steroid dienone is 1. The van der Waals surface area contributed by atoms with Crippen LogP contribution in [0.4, 0.5) is 0 Å². The Kier molecular flexibility index (Phi) is 3.36. The van der Waals surface area contributed by atoms with Crippen LogP contribution in [0.3, 0.4) is 0 Å². The van der Waals surface area contributed by atoms with Gasteiger partial charge in [-0.3, -0.25) is 0 Å². The van der Waals surface area contributed by atoms with Gasteiger partial charge in [-0.1, -0.05) is 39.3 Å². The topological polar surface area (TPSA) is 16.6 Å². The molecule has 4 rings (SSSR count). The summed E-state index contributed by atoms with van der Waals surface area (Å²) < 4.78 is 0. The van der Waals surface area contributed by atoms with Crippen molar-refractivity contribution in [3.8, 4) is 0 Å². The monoisotopic (exact) mass is 301 g/mol. The summed E-state index contributed by atoms with van der Waals surface area (Å²) in [6.07, 6.45) is 11.1. The molecule has 2 N–H and O–H groups in total. The van der Waals surface area contributed by atoms with Crippen molar-refractivity contribution in [1.82, 2.24) is 0 Å². The lowest BCUT2D eigenvalue weighted by molar-refractivity contribution is -0.701. The van der Waals surface area contributed by atoms with E-state index in [1.807, 2.05) is 5.57 Å². The maximum atomic E-state index is 4.36. The SMILES string of the molecule is [CH2-][NH2+]C12CC=C3CC(C)(C)CC4CC(C)C(CCC1C)C2C34. The Hall–Kier alpha value is -0.300. The van der Waals surface area contributed by atoms with E-state index < -0.39 is 0 Å². The summed E-state index contributed by atoms with van der Waals surface area (Å²) in [7, 11) is 4.36. The number of quaternary nitrogens is 1. The summed E-state index contributed by atoms with van der Waals surface area (Å²) in [5.41, 5.74) is 2.77. The molecule has 124 valence electrons. The summed E-state index contributed by atoms with van der Waals surface area (Å²) in [6, 6.07) is 0. The minimum Gasteiger partial charge on any atom is -0.473 e. The van der Waals surface area contributed by atoms with Gasteiger partial charge in [0.1, 0.15) is 0 Å². The fraction of sp³-hybridized carbons (Fsp3) is 0.857. The molecule has 0 saturated heterocycles. The first-order valence-corrected chi connectivity index (χ1v) is 9.70. The second-order valence-electron chi connectivity index (χ2n) is 10.0. The van der Waals surface area contributed by atoms with Gasteiger partial charge in [0.05, 0.1) is 5.54 Å². The summed E-state index contributed by atoms with van der Waals surface area (Å²) in [5, 5.41) is 2.40. The van der Waals surface area contributed by atoms with E-state index in [0.29, 0.717) is 11.0 Å². The summed E-state index contributed by atoms with van der Waals surface area (Å²) in [4.78, 5) is 0. The highest BCUT2D eigenvalue weighted by Gasteiger charge is 2.61. The van der Waals surface area contributed by atoms with E-state index >= 15 is 0 Å². The van der Waals surface area contributed by atoms with Gasteiger partial charge in [0.25, 0.3) is 0 Å². The summed E-state index contributed by atoms with van der Waals surface area (Å²) >= 11 is 0. The highest BCUT2D eigenvalue weighted by atomic mass is 15.0. The average Bonchev–Trinajstić information content (AvgIpc) is 2.45. The highest BCUT2D eigenvalue weighted by molar-refractivity contribution is 5.26. The van der Waals surface area contributed by atoms with Gasteiger partial charge in [-0.25, -0.2) is 0 Å². The fourth-order valence-electron chi connectivity index (χ4n) is 7.42. The molecule has 0 spiro atoms. The fourth-order valence-corrected chi connectivity index (χ4v) is 7.42. The van der Waals surface area contributed by atoms with Gasteiger partial charge < -0.3 is 5.32 Å². The molecule has 0 aromatic rings. The van der Waals surface area contributed by atoms with Crippen LogP contribution in [0, 0.1) is 48.0 Å². The van der Waals surface area contributed by atoms with Crippen LogP contribution >= 0.6 is 0 Å². The molecule has 1 heteroatoms. The van der Waals surface area contributed by atoms with Gasteiger partial charge in [-0.05, 0) is 61.2 Å². The van der Waals surface area contributed by atoms with E-state index in [9.17, 15) is 0 Å². The number of nitrogens with two attached hydrogens (primary N) is 1. The van der Waals surface area contributed by atoms with Crippen molar-refractivity contribution in [1.29, 1.82) is 0 Å². The normalized spacial score (nSPS) is 52.7. The minimum absolute atomic E-state index is 0.408. The zero-order valence-electron chi connectivity index (χ0n) is 15.1. The van der Waals surface area contributed by atoms with E-state index in [2.05, 4.69) is 46.1 Å². The van der Waals surface area contributed by atoms with E-state index in [-0.39, 0.29) is 0 Å². The lowest BCUT2D eigenvalue weighted by Crippen LogP contribution is -2.97. The van der Waals surface area contributed by atoms with Crippen LogP contribution in [0.5, 0.6) is 0 Å². The predicted molar refractivity (Wildman–Crippen MR) is 91.9 cm³/mol. The lowest BCUT2D eigenvalue weighted by atomic mass is 9.43. The molecule has 0 heterocycles. The zero-order valence-corrected chi connectivity index (χ0v) is 15.1. The van der Waals surface area contributed by atoms with Gasteiger partial charge in [0.2, 0.25) is 0 Å². The molecule has 0 radical (unpaired) electrons. The Balaban J connectivity index is 1.82. The maximum absolute atomic E-state index is 4.36. The van der Waals surface area contributed by atoms with Crippen LogP contribution in [-0.2, 0) is 0 Å². The number of rotatable bonds is 1. The number of hydrogen-bond donors (Lipinski definition) is 1. The lowest BCUT2D eigenvalue weighted by Gasteiger charge is -2.63. The quantitative estimate of drug-likeness (QED) is 0.553. The molecule has 1 nitrogen and oxygen atoms in total. The Morgan fingerprint density at radius 1 is 1.23 bits per heavy atom. The van der Waals surface area contributed by atoms with Crippen molar-refractivity contribution in [2.75, 3.05) is 0 Å². The van der Waals surface area contributed by atoms with Gasteiger partial charge >= 0.3 is 0 Å².